The van der Waals surface area contributed by atoms with Gasteiger partial charge in [-0.1, -0.05) is 193 Å². The molecule has 2 atom stereocenters. The second-order valence-corrected chi connectivity index (χ2v) is 21.3. The van der Waals surface area contributed by atoms with Gasteiger partial charge in [0.2, 0.25) is 16.7 Å². The molecule has 9 aromatic rings. The number of rotatable bonds is 19. The number of fused-ring (bicyclic) bond motifs is 1. The molecule has 16 heteroatoms. The van der Waals surface area contributed by atoms with E-state index in [4.69, 9.17) is 23.7 Å². The van der Waals surface area contributed by atoms with Gasteiger partial charge in [0.1, 0.15) is 35.0 Å². The molecular weight excluding hydrogens is 1050 g/mol. The van der Waals surface area contributed by atoms with Crippen LogP contribution in [0.1, 0.15) is 61.3 Å². The van der Waals surface area contributed by atoms with Crippen molar-refractivity contribution in [3.63, 3.8) is 0 Å². The number of hydrogen-bond donors (Lipinski definition) is 2. The molecule has 79 heavy (non-hydrogen) atoms. The van der Waals surface area contributed by atoms with E-state index >= 15 is 4.79 Å². The summed E-state index contributed by atoms with van der Waals surface area (Å²) in [6.07, 6.45) is 3.72. The number of thioether (sulfide) groups is 1. The highest BCUT2D eigenvalue weighted by molar-refractivity contribution is 8.00. The van der Waals surface area contributed by atoms with Crippen LogP contribution in [0.2, 0.25) is 0 Å². The van der Waals surface area contributed by atoms with Crippen LogP contribution < -0.4 is 20.2 Å². The Kier molecular flexibility index (Phi) is 15.7. The Morgan fingerprint density at radius 2 is 1.34 bits per heavy atom. The van der Waals surface area contributed by atoms with Gasteiger partial charge in [-0.3, -0.25) is 14.5 Å². The third-order valence-electron chi connectivity index (χ3n) is 13.7. The van der Waals surface area contributed by atoms with Crippen LogP contribution in [0.15, 0.2) is 228 Å². The van der Waals surface area contributed by atoms with E-state index < -0.39 is 34.7 Å². The lowest BCUT2D eigenvalue weighted by atomic mass is 9.77. The minimum atomic E-state index is -1.08. The highest BCUT2D eigenvalue weighted by Crippen LogP contribution is 2.43. The molecule has 1 unspecified atom stereocenters. The van der Waals surface area contributed by atoms with Crippen molar-refractivity contribution in [2.45, 2.75) is 36.4 Å². The van der Waals surface area contributed by atoms with Gasteiger partial charge in [0.25, 0.3) is 11.8 Å². The highest BCUT2D eigenvalue weighted by atomic mass is 32.2. The number of carbonyl (C=O) groups is 3. The SMILES string of the molecule is COc1ccc(COC(=O)C2=C(C=Cc3scnc3C)CS[C@H]3C(NC(=O)C(=NOc4ccccc4C(c4ccccc4)c4ccccc4)c4nsc(NC(c5ccccc5)(c5ccccc5)c5ccccc5)n4)C(=O)N23)cc1. The van der Waals surface area contributed by atoms with E-state index in [1.165, 1.54) is 28.0 Å². The van der Waals surface area contributed by atoms with E-state index in [1.807, 2.05) is 140 Å². The Bertz CT molecular complexity index is 3550. The monoisotopic (exact) mass is 1100 g/mol. The van der Waals surface area contributed by atoms with Gasteiger partial charge in [-0.2, -0.15) is 9.36 Å². The highest BCUT2D eigenvalue weighted by Gasteiger charge is 2.55. The average Bonchev–Trinajstić information content (AvgIpc) is 4.30. The summed E-state index contributed by atoms with van der Waals surface area (Å²) in [6.45, 7) is 1.87. The first-order valence-corrected chi connectivity index (χ1v) is 28.1. The standard InChI is InChI=1S/C63H51N7O6S3/c1-41-52(78-40-64-41)37-34-45-39-77-60-55(59(72)70(60)56(45)61(73)75-38-42-32-35-49(74-2)36-33-42)65-58(71)54(68-76-51-31-19-18-30-50(51)53(43-20-8-3-9-21-43)44-22-10-4-11-23-44)57-66-62(79-69-57)67-63(46-24-12-5-13-25-46,47-26-14-6-15-27-47)48-28-16-7-17-29-48/h3-37,40,53,55,60H,38-39H2,1-2H3,(H,65,71)(H,66,67,69)/t55?,60-/m0/s1. The van der Waals surface area contributed by atoms with Gasteiger partial charge in [-0.15, -0.1) is 23.1 Å². The first kappa shape index (κ1) is 52.1. The van der Waals surface area contributed by atoms with Crippen molar-refractivity contribution < 1.29 is 28.7 Å². The Hall–Kier alpha value is -8.96. The molecule has 1 saturated heterocycles. The first-order valence-electron chi connectivity index (χ1n) is 25.4. The molecule has 392 valence electrons. The maximum absolute atomic E-state index is 15.1. The molecule has 2 N–H and O–H groups in total. The molecule has 0 saturated carbocycles. The number of carbonyl (C=O) groups excluding carboxylic acids is 3. The summed E-state index contributed by atoms with van der Waals surface area (Å²) < 4.78 is 16.0. The fourth-order valence-corrected chi connectivity index (χ4v) is 12.4. The molecule has 11 rings (SSSR count). The van der Waals surface area contributed by atoms with E-state index in [-0.39, 0.29) is 29.8 Å². The Morgan fingerprint density at radius 1 is 0.759 bits per heavy atom. The van der Waals surface area contributed by atoms with E-state index in [9.17, 15) is 9.59 Å². The van der Waals surface area contributed by atoms with E-state index in [0.717, 1.165) is 61.0 Å². The minimum Gasteiger partial charge on any atom is -0.497 e. The summed E-state index contributed by atoms with van der Waals surface area (Å²) in [5, 5.41) is 11.0. The fraction of sp³-hybridized carbons (Fsp3) is 0.127. The number of allylic oxidation sites excluding steroid dienone is 1. The second-order valence-electron chi connectivity index (χ2n) is 18.5. The summed E-state index contributed by atoms with van der Waals surface area (Å²) in [4.78, 5) is 62.1. The van der Waals surface area contributed by atoms with Crippen molar-refractivity contribution in [3.8, 4) is 11.5 Å². The van der Waals surface area contributed by atoms with E-state index in [1.54, 1.807) is 30.8 Å². The molecule has 7 aromatic carbocycles. The number of oxime groups is 1. The molecule has 0 aliphatic carbocycles. The summed E-state index contributed by atoms with van der Waals surface area (Å²) in [5.41, 5.74) is 8.45. The van der Waals surface area contributed by atoms with Crippen molar-refractivity contribution in [3.05, 3.63) is 278 Å². The van der Waals surface area contributed by atoms with Crippen molar-refractivity contribution in [2.24, 2.45) is 5.16 Å². The lowest BCUT2D eigenvalue weighted by Crippen LogP contribution is -2.71. The van der Waals surface area contributed by atoms with Gasteiger partial charge < -0.3 is 24.9 Å². The summed E-state index contributed by atoms with van der Waals surface area (Å²) in [7, 11) is 1.58. The first-order chi connectivity index (χ1) is 38.8. The number of hydrogen-bond acceptors (Lipinski definition) is 14. The fourth-order valence-electron chi connectivity index (χ4n) is 9.79. The number of methoxy groups -OCH3 is 1. The zero-order valence-corrected chi connectivity index (χ0v) is 45.3. The molecule has 2 aliphatic heterocycles. The maximum atomic E-state index is 15.1. The zero-order valence-electron chi connectivity index (χ0n) is 42.8. The molecule has 2 aromatic heterocycles. The van der Waals surface area contributed by atoms with Crippen molar-refractivity contribution >= 4 is 69.3 Å². The van der Waals surface area contributed by atoms with Crippen LogP contribution in [0, 0.1) is 6.92 Å². The quantitative estimate of drug-likeness (QED) is 0.0261. The Balaban J connectivity index is 0.949. The van der Waals surface area contributed by atoms with Crippen LogP contribution in [0.4, 0.5) is 5.13 Å². The number of nitrogens with zero attached hydrogens (tertiary/aromatic N) is 5. The summed E-state index contributed by atoms with van der Waals surface area (Å²) in [5.74, 6) is -0.861. The number of thiazole rings is 1. The third kappa shape index (κ3) is 11.0. The van der Waals surface area contributed by atoms with Gasteiger partial charge in [0.05, 0.1) is 18.3 Å². The number of anilines is 1. The van der Waals surface area contributed by atoms with Crippen LogP contribution in [-0.2, 0) is 31.3 Å². The molecule has 0 bridgehead atoms. The number of benzene rings is 7. The number of β-lactam (4-membered cyclic amide) rings is 1. The minimum absolute atomic E-state index is 0.0401. The second kappa shape index (κ2) is 23.7. The largest absolute Gasteiger partial charge is 0.497 e. The van der Waals surface area contributed by atoms with Gasteiger partial charge in [-0.05, 0) is 70.2 Å². The maximum Gasteiger partial charge on any atom is 0.355 e. The van der Waals surface area contributed by atoms with E-state index in [0.29, 0.717) is 28.0 Å². The predicted octanol–water partition coefficient (Wildman–Crippen LogP) is 11.8. The molecular formula is C63H51N7O6S3. The molecule has 2 amide bonds. The van der Waals surface area contributed by atoms with E-state index in [2.05, 4.69) is 81.4 Å². The number of aryl methyl sites for hydroxylation is 1. The Labute approximate surface area is 469 Å². The number of ether oxygens (including phenoxy) is 2. The summed E-state index contributed by atoms with van der Waals surface area (Å²) >= 11 is 3.94. The van der Waals surface area contributed by atoms with Gasteiger partial charge in [0, 0.05) is 33.6 Å². The molecule has 0 spiro atoms. The van der Waals surface area contributed by atoms with Crippen LogP contribution in [0.5, 0.6) is 11.5 Å². The van der Waals surface area contributed by atoms with Gasteiger partial charge in [0.15, 0.2) is 5.75 Å². The molecule has 0 radical (unpaired) electrons. The van der Waals surface area contributed by atoms with Crippen molar-refractivity contribution in [2.75, 3.05) is 18.2 Å². The topological polar surface area (TPSA) is 157 Å². The summed E-state index contributed by atoms with van der Waals surface area (Å²) in [6, 6.07) is 64.1. The van der Waals surface area contributed by atoms with Crippen LogP contribution in [-0.4, -0.2) is 67.0 Å². The molecule has 13 nitrogen and oxygen atoms in total. The third-order valence-corrected chi connectivity index (χ3v) is 16.6. The number of aromatic nitrogens is 3. The smallest absolute Gasteiger partial charge is 0.355 e. The average molecular weight is 1100 g/mol. The van der Waals surface area contributed by atoms with Crippen molar-refractivity contribution in [1.82, 2.24) is 24.6 Å². The lowest BCUT2D eigenvalue weighted by molar-refractivity contribution is -0.153. The van der Waals surface area contributed by atoms with Crippen LogP contribution >= 0.6 is 34.6 Å². The van der Waals surface area contributed by atoms with Gasteiger partial charge in [-0.25, -0.2) is 9.78 Å². The molecule has 4 heterocycles. The number of para-hydroxylation sites is 1. The predicted molar refractivity (Wildman–Crippen MR) is 311 cm³/mol. The molecule has 2 aliphatic rings. The van der Waals surface area contributed by atoms with Crippen molar-refractivity contribution in [1.29, 1.82) is 0 Å². The van der Waals surface area contributed by atoms with Gasteiger partial charge >= 0.3 is 5.97 Å². The number of amides is 2. The number of esters is 1. The zero-order chi connectivity index (χ0) is 54.1. The molecule has 1 fully saturated rings. The lowest BCUT2D eigenvalue weighted by Gasteiger charge is -2.49. The van der Waals surface area contributed by atoms with Crippen LogP contribution in [0.3, 0.4) is 0 Å². The normalized spacial score (nSPS) is 15.4. The number of nitrogens with one attached hydrogen (secondary N) is 2. The van der Waals surface area contributed by atoms with Crippen LogP contribution in [0.25, 0.3) is 6.08 Å². The Morgan fingerprint density at radius 3 is 1.92 bits per heavy atom.